The lowest BCUT2D eigenvalue weighted by Crippen LogP contribution is -2.03. The van der Waals surface area contributed by atoms with Gasteiger partial charge in [0.15, 0.2) is 0 Å². The predicted molar refractivity (Wildman–Crippen MR) is 90.6 cm³/mol. The summed E-state index contributed by atoms with van der Waals surface area (Å²) in [5, 5.41) is 8.50. The molecule has 23 heavy (non-hydrogen) atoms. The van der Waals surface area contributed by atoms with Crippen LogP contribution in [0, 0.1) is 6.92 Å². The second-order valence-electron chi connectivity index (χ2n) is 5.29. The van der Waals surface area contributed by atoms with Gasteiger partial charge in [-0.3, -0.25) is 0 Å². The minimum absolute atomic E-state index is 0.347. The molecular formula is C18H20N4O. The summed E-state index contributed by atoms with van der Waals surface area (Å²) in [6, 6.07) is 16.1. The monoisotopic (exact) mass is 308 g/mol. The van der Waals surface area contributed by atoms with Gasteiger partial charge in [-0.15, -0.1) is 5.10 Å². The van der Waals surface area contributed by atoms with Crippen LogP contribution in [-0.4, -0.2) is 21.6 Å². The SMILES string of the molecule is CCOc1ccc(-n2nnc(CN)c2-c2ccc(C)cc2)cc1. The zero-order chi connectivity index (χ0) is 16.2. The third kappa shape index (κ3) is 3.10. The highest BCUT2D eigenvalue weighted by molar-refractivity contribution is 5.64. The van der Waals surface area contributed by atoms with Gasteiger partial charge in [-0.25, -0.2) is 4.68 Å². The first kappa shape index (κ1) is 15.2. The van der Waals surface area contributed by atoms with Crippen LogP contribution in [0.2, 0.25) is 0 Å². The molecule has 0 bridgehead atoms. The topological polar surface area (TPSA) is 66.0 Å². The van der Waals surface area contributed by atoms with E-state index in [1.54, 1.807) is 0 Å². The smallest absolute Gasteiger partial charge is 0.119 e. The molecule has 3 rings (SSSR count). The minimum Gasteiger partial charge on any atom is -0.494 e. The fraction of sp³-hybridized carbons (Fsp3) is 0.222. The lowest BCUT2D eigenvalue weighted by atomic mass is 10.1. The van der Waals surface area contributed by atoms with Crippen molar-refractivity contribution in [2.45, 2.75) is 20.4 Å². The molecule has 0 saturated heterocycles. The average molecular weight is 308 g/mol. The fourth-order valence-corrected chi connectivity index (χ4v) is 2.48. The first-order chi connectivity index (χ1) is 11.2. The molecule has 1 aromatic heterocycles. The molecule has 3 aromatic rings. The molecule has 0 aliphatic rings. The Bertz CT molecular complexity index is 776. The van der Waals surface area contributed by atoms with E-state index in [1.807, 2.05) is 35.9 Å². The van der Waals surface area contributed by atoms with Crippen molar-refractivity contribution in [3.8, 4) is 22.7 Å². The van der Waals surface area contributed by atoms with Crippen LogP contribution in [0.5, 0.6) is 5.75 Å². The molecule has 0 aliphatic heterocycles. The quantitative estimate of drug-likeness (QED) is 0.786. The number of aryl methyl sites for hydroxylation is 1. The summed E-state index contributed by atoms with van der Waals surface area (Å²) in [7, 11) is 0. The van der Waals surface area contributed by atoms with Crippen molar-refractivity contribution in [2.75, 3.05) is 6.61 Å². The van der Waals surface area contributed by atoms with Crippen molar-refractivity contribution in [3.63, 3.8) is 0 Å². The van der Waals surface area contributed by atoms with Crippen LogP contribution in [0.3, 0.4) is 0 Å². The summed E-state index contributed by atoms with van der Waals surface area (Å²) in [6.07, 6.45) is 0. The molecular weight excluding hydrogens is 288 g/mol. The maximum Gasteiger partial charge on any atom is 0.119 e. The lowest BCUT2D eigenvalue weighted by molar-refractivity contribution is 0.340. The van der Waals surface area contributed by atoms with Gasteiger partial charge in [0, 0.05) is 12.1 Å². The standard InChI is InChI=1S/C18H20N4O/c1-3-23-16-10-8-15(9-11-16)22-18(17(12-19)20-21-22)14-6-4-13(2)5-7-14/h4-11H,3,12,19H2,1-2H3. The molecule has 2 N–H and O–H groups in total. The normalized spacial score (nSPS) is 10.7. The molecule has 0 unspecified atom stereocenters. The summed E-state index contributed by atoms with van der Waals surface area (Å²) in [6.45, 7) is 5.03. The third-order valence-electron chi connectivity index (χ3n) is 3.65. The van der Waals surface area contributed by atoms with Gasteiger partial charge in [-0.1, -0.05) is 35.0 Å². The Balaban J connectivity index is 2.06. The Morgan fingerprint density at radius 3 is 2.35 bits per heavy atom. The summed E-state index contributed by atoms with van der Waals surface area (Å²) < 4.78 is 7.31. The minimum atomic E-state index is 0.347. The summed E-state index contributed by atoms with van der Waals surface area (Å²) in [5.74, 6) is 0.840. The number of hydrogen-bond acceptors (Lipinski definition) is 4. The van der Waals surface area contributed by atoms with E-state index < -0.39 is 0 Å². The van der Waals surface area contributed by atoms with E-state index in [4.69, 9.17) is 10.5 Å². The molecule has 5 heteroatoms. The molecule has 5 nitrogen and oxygen atoms in total. The van der Waals surface area contributed by atoms with Crippen LogP contribution in [0.25, 0.3) is 16.9 Å². The van der Waals surface area contributed by atoms with Crippen LogP contribution in [0.1, 0.15) is 18.2 Å². The van der Waals surface area contributed by atoms with Crippen LogP contribution < -0.4 is 10.5 Å². The largest absolute Gasteiger partial charge is 0.494 e. The van der Waals surface area contributed by atoms with E-state index in [9.17, 15) is 0 Å². The van der Waals surface area contributed by atoms with Crippen molar-refractivity contribution >= 4 is 0 Å². The average Bonchev–Trinajstić information content (AvgIpc) is 3.00. The van der Waals surface area contributed by atoms with E-state index in [1.165, 1.54) is 5.56 Å². The zero-order valence-electron chi connectivity index (χ0n) is 13.4. The van der Waals surface area contributed by atoms with Gasteiger partial charge < -0.3 is 10.5 Å². The van der Waals surface area contributed by atoms with E-state index in [-0.39, 0.29) is 0 Å². The number of rotatable bonds is 5. The number of aromatic nitrogens is 3. The van der Waals surface area contributed by atoms with Gasteiger partial charge in [-0.2, -0.15) is 0 Å². The maximum atomic E-state index is 5.84. The lowest BCUT2D eigenvalue weighted by Gasteiger charge is -2.09. The highest BCUT2D eigenvalue weighted by atomic mass is 16.5. The molecule has 1 heterocycles. The first-order valence-electron chi connectivity index (χ1n) is 7.68. The van der Waals surface area contributed by atoms with Gasteiger partial charge in [0.25, 0.3) is 0 Å². The van der Waals surface area contributed by atoms with Crippen LogP contribution in [0.4, 0.5) is 0 Å². The Morgan fingerprint density at radius 1 is 1.04 bits per heavy atom. The molecule has 0 atom stereocenters. The van der Waals surface area contributed by atoms with E-state index >= 15 is 0 Å². The van der Waals surface area contributed by atoms with Crippen molar-refractivity contribution < 1.29 is 4.74 Å². The highest BCUT2D eigenvalue weighted by Gasteiger charge is 2.15. The van der Waals surface area contributed by atoms with Gasteiger partial charge in [-0.05, 0) is 38.1 Å². The highest BCUT2D eigenvalue weighted by Crippen LogP contribution is 2.26. The second kappa shape index (κ2) is 6.62. The number of benzene rings is 2. The zero-order valence-corrected chi connectivity index (χ0v) is 13.4. The van der Waals surface area contributed by atoms with Crippen LogP contribution >= 0.6 is 0 Å². The molecule has 0 fully saturated rings. The van der Waals surface area contributed by atoms with E-state index in [0.29, 0.717) is 13.2 Å². The van der Waals surface area contributed by atoms with Gasteiger partial charge >= 0.3 is 0 Å². The van der Waals surface area contributed by atoms with Crippen molar-refractivity contribution in [3.05, 3.63) is 59.8 Å². The van der Waals surface area contributed by atoms with Gasteiger partial charge in [0.05, 0.1) is 18.0 Å². The fourth-order valence-electron chi connectivity index (χ4n) is 2.48. The van der Waals surface area contributed by atoms with E-state index in [2.05, 4.69) is 41.5 Å². The van der Waals surface area contributed by atoms with Crippen LogP contribution in [0.15, 0.2) is 48.5 Å². The number of hydrogen-bond donors (Lipinski definition) is 1. The van der Waals surface area contributed by atoms with Gasteiger partial charge in [0.2, 0.25) is 0 Å². The Hall–Kier alpha value is -2.66. The van der Waals surface area contributed by atoms with Crippen molar-refractivity contribution in [1.29, 1.82) is 0 Å². The molecule has 0 saturated carbocycles. The van der Waals surface area contributed by atoms with Crippen molar-refractivity contribution in [2.24, 2.45) is 5.73 Å². The molecule has 0 amide bonds. The molecule has 2 aromatic carbocycles. The van der Waals surface area contributed by atoms with E-state index in [0.717, 1.165) is 28.4 Å². The number of ether oxygens (including phenoxy) is 1. The molecule has 118 valence electrons. The summed E-state index contributed by atoms with van der Waals surface area (Å²) >= 11 is 0. The Labute approximate surface area is 135 Å². The van der Waals surface area contributed by atoms with Gasteiger partial charge in [0.1, 0.15) is 11.4 Å². The maximum absolute atomic E-state index is 5.84. The molecule has 0 aliphatic carbocycles. The molecule has 0 radical (unpaired) electrons. The Morgan fingerprint density at radius 2 is 1.74 bits per heavy atom. The third-order valence-corrected chi connectivity index (χ3v) is 3.65. The number of nitrogens with zero attached hydrogens (tertiary/aromatic N) is 3. The summed E-state index contributed by atoms with van der Waals surface area (Å²) in [5.41, 5.74) is 10.7. The number of nitrogens with two attached hydrogens (primary N) is 1. The molecule has 0 spiro atoms. The van der Waals surface area contributed by atoms with Crippen LogP contribution in [-0.2, 0) is 6.54 Å². The second-order valence-corrected chi connectivity index (χ2v) is 5.29. The van der Waals surface area contributed by atoms with Crippen molar-refractivity contribution in [1.82, 2.24) is 15.0 Å². The predicted octanol–water partition coefficient (Wildman–Crippen LogP) is 3.10. The Kier molecular flexibility index (Phi) is 4.39. The summed E-state index contributed by atoms with van der Waals surface area (Å²) in [4.78, 5) is 0. The first-order valence-corrected chi connectivity index (χ1v) is 7.68.